The molecule has 0 saturated heterocycles. The molecule has 1 N–H and O–H groups in total. The molecule has 6 nitrogen and oxygen atoms in total. The zero-order chi connectivity index (χ0) is 19.3. The van der Waals surface area contributed by atoms with E-state index in [4.69, 9.17) is 0 Å². The van der Waals surface area contributed by atoms with Crippen LogP contribution in [-0.4, -0.2) is 46.5 Å². The minimum Gasteiger partial charge on any atom is -0.355 e. The van der Waals surface area contributed by atoms with E-state index in [9.17, 15) is 9.59 Å². The van der Waals surface area contributed by atoms with E-state index in [1.165, 1.54) is 0 Å². The highest BCUT2D eigenvalue weighted by Gasteiger charge is 2.11. The molecule has 1 aromatic heterocycles. The van der Waals surface area contributed by atoms with Gasteiger partial charge in [-0.3, -0.25) is 9.59 Å². The average molecular weight is 358 g/mol. The van der Waals surface area contributed by atoms with Gasteiger partial charge in [0.2, 0.25) is 5.91 Å². The van der Waals surface area contributed by atoms with Crippen molar-refractivity contribution < 1.29 is 4.79 Å². The number of aromatic nitrogens is 2. The monoisotopic (exact) mass is 358 g/mol. The summed E-state index contributed by atoms with van der Waals surface area (Å²) in [5.41, 5.74) is 4.18. The number of rotatable bonds is 8. The zero-order valence-electron chi connectivity index (χ0n) is 16.6. The van der Waals surface area contributed by atoms with Crippen LogP contribution in [0, 0.1) is 20.8 Å². The molecule has 0 aliphatic heterocycles. The number of carbonyl (C=O) groups is 1. The molecule has 0 fully saturated rings. The molecule has 2 rings (SSSR count). The lowest BCUT2D eigenvalue weighted by molar-refractivity contribution is -0.121. The maximum absolute atomic E-state index is 12.5. The molecule has 26 heavy (non-hydrogen) atoms. The first-order valence-electron chi connectivity index (χ1n) is 9.34. The van der Waals surface area contributed by atoms with Crippen molar-refractivity contribution in [3.8, 4) is 0 Å². The lowest BCUT2D eigenvalue weighted by Crippen LogP contribution is -2.35. The number of fused-ring (bicyclic) bond motifs is 1. The van der Waals surface area contributed by atoms with Crippen LogP contribution in [-0.2, 0) is 11.3 Å². The zero-order valence-corrected chi connectivity index (χ0v) is 16.6. The average Bonchev–Trinajstić information content (AvgIpc) is 2.61. The van der Waals surface area contributed by atoms with Gasteiger partial charge in [0.25, 0.3) is 5.56 Å². The van der Waals surface area contributed by atoms with Crippen LogP contribution < -0.4 is 10.9 Å². The summed E-state index contributed by atoms with van der Waals surface area (Å²) in [5.74, 6) is -0.0319. The minimum absolute atomic E-state index is 0.0319. The Bertz CT molecular complexity index is 838. The quantitative estimate of drug-likeness (QED) is 0.785. The van der Waals surface area contributed by atoms with Crippen LogP contribution in [0.2, 0.25) is 0 Å². The summed E-state index contributed by atoms with van der Waals surface area (Å²) in [7, 11) is 0. The van der Waals surface area contributed by atoms with Gasteiger partial charge in [0.15, 0.2) is 0 Å². The molecule has 0 saturated carbocycles. The Morgan fingerprint density at radius 1 is 1.15 bits per heavy atom. The third-order valence-electron chi connectivity index (χ3n) is 4.93. The van der Waals surface area contributed by atoms with Gasteiger partial charge in [0, 0.05) is 26.1 Å². The van der Waals surface area contributed by atoms with E-state index < -0.39 is 0 Å². The molecule has 0 spiro atoms. The summed E-state index contributed by atoms with van der Waals surface area (Å²) in [6, 6.07) is 3.98. The van der Waals surface area contributed by atoms with E-state index in [0.717, 1.165) is 41.8 Å². The number of hydrogen-bond acceptors (Lipinski definition) is 4. The fourth-order valence-electron chi connectivity index (χ4n) is 3.04. The van der Waals surface area contributed by atoms with Crippen molar-refractivity contribution in [2.75, 3.05) is 26.2 Å². The summed E-state index contributed by atoms with van der Waals surface area (Å²) in [4.78, 5) is 31.4. The van der Waals surface area contributed by atoms with E-state index in [0.29, 0.717) is 18.8 Å². The highest BCUT2D eigenvalue weighted by Crippen LogP contribution is 2.17. The van der Waals surface area contributed by atoms with Crippen molar-refractivity contribution in [2.24, 2.45) is 0 Å². The molecule has 2 aromatic rings. The van der Waals surface area contributed by atoms with Crippen molar-refractivity contribution >= 4 is 16.9 Å². The minimum atomic E-state index is -0.128. The van der Waals surface area contributed by atoms with Gasteiger partial charge in [-0.25, -0.2) is 4.98 Å². The largest absolute Gasteiger partial charge is 0.355 e. The fourth-order valence-corrected chi connectivity index (χ4v) is 3.04. The van der Waals surface area contributed by atoms with Gasteiger partial charge in [-0.1, -0.05) is 13.8 Å². The van der Waals surface area contributed by atoms with Gasteiger partial charge in [0.05, 0.1) is 11.0 Å². The number of nitrogens with zero attached hydrogens (tertiary/aromatic N) is 3. The molecule has 0 aliphatic rings. The summed E-state index contributed by atoms with van der Waals surface area (Å²) < 4.78 is 1.67. The van der Waals surface area contributed by atoms with Gasteiger partial charge in [0.1, 0.15) is 5.69 Å². The molecule has 0 bridgehead atoms. The summed E-state index contributed by atoms with van der Waals surface area (Å²) in [5, 5.41) is 2.94. The second-order valence-electron chi connectivity index (χ2n) is 6.71. The second-order valence-corrected chi connectivity index (χ2v) is 6.71. The Kier molecular flexibility index (Phi) is 6.91. The third-order valence-corrected chi connectivity index (χ3v) is 4.93. The van der Waals surface area contributed by atoms with Gasteiger partial charge >= 0.3 is 0 Å². The molecule has 0 aliphatic carbocycles. The van der Waals surface area contributed by atoms with Gasteiger partial charge in [-0.2, -0.15) is 0 Å². The van der Waals surface area contributed by atoms with Crippen molar-refractivity contribution in [3.63, 3.8) is 0 Å². The van der Waals surface area contributed by atoms with E-state index in [1.54, 1.807) is 11.5 Å². The number of hydrogen-bond donors (Lipinski definition) is 1. The standard InChI is InChI=1S/C20H30N4O2/c1-6-23(7-2)11-9-21-19(25)8-10-24-18-13-15(4)14(3)12-17(18)22-16(5)20(24)26/h12-13H,6-11H2,1-5H3,(H,21,25). The molecule has 1 amide bonds. The second kappa shape index (κ2) is 8.94. The maximum atomic E-state index is 12.5. The summed E-state index contributed by atoms with van der Waals surface area (Å²) in [6.45, 7) is 13.8. The Morgan fingerprint density at radius 3 is 2.46 bits per heavy atom. The lowest BCUT2D eigenvalue weighted by atomic mass is 10.1. The van der Waals surface area contributed by atoms with Crippen LogP contribution in [0.15, 0.2) is 16.9 Å². The SMILES string of the molecule is CCN(CC)CCNC(=O)CCn1c(=O)c(C)nc2cc(C)c(C)cc21. The molecule has 1 heterocycles. The Hall–Kier alpha value is -2.21. The fraction of sp³-hybridized carbons (Fsp3) is 0.550. The van der Waals surface area contributed by atoms with Crippen LogP contribution in [0.25, 0.3) is 11.0 Å². The lowest BCUT2D eigenvalue weighted by Gasteiger charge is -2.18. The van der Waals surface area contributed by atoms with E-state index in [2.05, 4.69) is 29.0 Å². The smallest absolute Gasteiger partial charge is 0.272 e. The predicted octanol–water partition coefficient (Wildman–Crippen LogP) is 2.17. The number of likely N-dealkylation sites (N-methyl/N-ethyl adjacent to an activating group) is 1. The van der Waals surface area contributed by atoms with Crippen LogP contribution >= 0.6 is 0 Å². The molecule has 0 unspecified atom stereocenters. The third kappa shape index (κ3) is 4.69. The predicted molar refractivity (Wildman–Crippen MR) is 106 cm³/mol. The van der Waals surface area contributed by atoms with E-state index in [1.807, 2.05) is 26.0 Å². The van der Waals surface area contributed by atoms with Crippen molar-refractivity contribution in [2.45, 2.75) is 47.6 Å². The molecule has 6 heteroatoms. The van der Waals surface area contributed by atoms with E-state index >= 15 is 0 Å². The normalized spacial score (nSPS) is 11.3. The number of carbonyl (C=O) groups excluding carboxylic acids is 1. The number of benzene rings is 1. The van der Waals surface area contributed by atoms with Gasteiger partial charge < -0.3 is 14.8 Å². The highest BCUT2D eigenvalue weighted by atomic mass is 16.2. The maximum Gasteiger partial charge on any atom is 0.272 e. The summed E-state index contributed by atoms with van der Waals surface area (Å²) >= 11 is 0. The summed E-state index contributed by atoms with van der Waals surface area (Å²) in [6.07, 6.45) is 0.281. The van der Waals surface area contributed by atoms with Gasteiger partial charge in [-0.05, 0) is 57.1 Å². The van der Waals surface area contributed by atoms with E-state index in [-0.39, 0.29) is 17.9 Å². The van der Waals surface area contributed by atoms with Gasteiger partial charge in [-0.15, -0.1) is 0 Å². The molecule has 0 atom stereocenters. The molecular weight excluding hydrogens is 328 g/mol. The Balaban J connectivity index is 2.10. The first kappa shape index (κ1) is 20.1. The first-order valence-corrected chi connectivity index (χ1v) is 9.34. The highest BCUT2D eigenvalue weighted by molar-refractivity contribution is 5.78. The van der Waals surface area contributed by atoms with Crippen molar-refractivity contribution in [3.05, 3.63) is 39.3 Å². The Morgan fingerprint density at radius 2 is 1.81 bits per heavy atom. The topological polar surface area (TPSA) is 67.2 Å². The molecule has 142 valence electrons. The van der Waals surface area contributed by atoms with Crippen LogP contribution in [0.3, 0.4) is 0 Å². The van der Waals surface area contributed by atoms with Crippen LogP contribution in [0.4, 0.5) is 0 Å². The number of aryl methyl sites for hydroxylation is 4. The molecule has 0 radical (unpaired) electrons. The Labute approximate surface area is 155 Å². The molecular formula is C20H30N4O2. The number of nitrogens with one attached hydrogen (secondary N) is 1. The first-order chi connectivity index (χ1) is 12.4. The molecule has 1 aromatic carbocycles. The van der Waals surface area contributed by atoms with Crippen LogP contribution in [0.5, 0.6) is 0 Å². The van der Waals surface area contributed by atoms with Crippen molar-refractivity contribution in [1.82, 2.24) is 19.8 Å². The van der Waals surface area contributed by atoms with Crippen LogP contribution in [0.1, 0.15) is 37.1 Å². The number of amides is 1. The van der Waals surface area contributed by atoms with Crippen molar-refractivity contribution in [1.29, 1.82) is 0 Å².